The van der Waals surface area contributed by atoms with Gasteiger partial charge in [-0.2, -0.15) is 5.26 Å². The molecule has 2 N–H and O–H groups in total. The number of carbonyl (C=O) groups excluding carboxylic acids is 2. The van der Waals surface area contributed by atoms with Gasteiger partial charge in [-0.05, 0) is 43.0 Å². The Bertz CT molecular complexity index is 680. The van der Waals surface area contributed by atoms with E-state index in [1.807, 2.05) is 11.0 Å². The Kier molecular flexibility index (Phi) is 5.59. The van der Waals surface area contributed by atoms with E-state index in [1.54, 1.807) is 30.5 Å². The number of likely N-dealkylation sites (tertiary alicyclic amines) is 1. The molecule has 1 aromatic rings. The van der Waals surface area contributed by atoms with Crippen LogP contribution in [0.5, 0.6) is 0 Å². The van der Waals surface area contributed by atoms with Crippen molar-refractivity contribution in [2.24, 2.45) is 5.92 Å². The molecule has 0 spiro atoms. The molecule has 1 heterocycles. The van der Waals surface area contributed by atoms with Gasteiger partial charge in [0.05, 0.1) is 5.69 Å². The zero-order chi connectivity index (χ0) is 17.7. The second-order valence-corrected chi connectivity index (χ2v) is 6.12. The van der Waals surface area contributed by atoms with Crippen molar-refractivity contribution < 1.29 is 9.59 Å². The Balaban J connectivity index is 2.25. The van der Waals surface area contributed by atoms with Crippen LogP contribution in [-0.4, -0.2) is 29.8 Å². The minimum Gasteiger partial charge on any atom is -0.399 e. The van der Waals surface area contributed by atoms with E-state index in [1.165, 1.54) is 6.92 Å². The molecule has 0 radical (unpaired) electrons. The van der Waals surface area contributed by atoms with E-state index in [-0.39, 0.29) is 5.57 Å². The molecule has 1 aliphatic heterocycles. The molecule has 1 aliphatic rings. The average Bonchev–Trinajstić information content (AvgIpc) is 2.56. The number of hydrogen-bond acceptors (Lipinski definition) is 5. The first-order valence-electron chi connectivity index (χ1n) is 7.99. The minimum atomic E-state index is -0.617. The number of benzene rings is 1. The molecule has 1 fully saturated rings. The first-order valence-corrected chi connectivity index (χ1v) is 7.99. The molecular formula is C18H22N4O2. The average molecular weight is 326 g/mol. The number of rotatable bonds is 3. The van der Waals surface area contributed by atoms with E-state index in [4.69, 9.17) is 5.73 Å². The standard InChI is InChI=1S/C18H22N4O2/c1-13-7-9-21(10-8-13)12-15(11-19)18(24)22(14(2)23)17-5-3-16(20)4-6-17/h3-6,12-13H,7-10,20H2,1-2H3/b15-12-. The van der Waals surface area contributed by atoms with Crippen LogP contribution in [0.15, 0.2) is 36.0 Å². The molecule has 2 amide bonds. The second-order valence-electron chi connectivity index (χ2n) is 6.12. The first-order chi connectivity index (χ1) is 11.4. The molecule has 0 saturated carbocycles. The Morgan fingerprint density at radius 3 is 2.38 bits per heavy atom. The zero-order valence-corrected chi connectivity index (χ0v) is 14.0. The van der Waals surface area contributed by atoms with Crippen molar-refractivity contribution in [3.8, 4) is 6.07 Å². The molecule has 0 aromatic heterocycles. The number of anilines is 2. The highest BCUT2D eigenvalue weighted by molar-refractivity contribution is 6.21. The van der Waals surface area contributed by atoms with E-state index in [0.29, 0.717) is 17.3 Å². The number of hydrogen-bond donors (Lipinski definition) is 1. The van der Waals surface area contributed by atoms with Crippen molar-refractivity contribution in [3.63, 3.8) is 0 Å². The summed E-state index contributed by atoms with van der Waals surface area (Å²) in [6.45, 7) is 5.10. The number of piperidine rings is 1. The maximum absolute atomic E-state index is 12.7. The molecule has 24 heavy (non-hydrogen) atoms. The fourth-order valence-corrected chi connectivity index (χ4v) is 2.66. The Morgan fingerprint density at radius 1 is 1.29 bits per heavy atom. The van der Waals surface area contributed by atoms with Crippen LogP contribution in [-0.2, 0) is 9.59 Å². The first kappa shape index (κ1) is 17.5. The summed E-state index contributed by atoms with van der Waals surface area (Å²) < 4.78 is 0. The van der Waals surface area contributed by atoms with Crippen LogP contribution in [0.2, 0.25) is 0 Å². The third kappa shape index (κ3) is 4.13. The molecule has 6 heteroatoms. The van der Waals surface area contributed by atoms with Gasteiger partial charge < -0.3 is 10.6 Å². The molecule has 1 saturated heterocycles. The van der Waals surface area contributed by atoms with Crippen molar-refractivity contribution in [1.29, 1.82) is 5.26 Å². The van der Waals surface area contributed by atoms with Crippen LogP contribution in [0.25, 0.3) is 0 Å². The molecule has 0 aliphatic carbocycles. The fourth-order valence-electron chi connectivity index (χ4n) is 2.66. The van der Waals surface area contributed by atoms with Crippen molar-refractivity contribution in [2.45, 2.75) is 26.7 Å². The summed E-state index contributed by atoms with van der Waals surface area (Å²) in [5.74, 6) is -0.411. The van der Waals surface area contributed by atoms with Gasteiger partial charge in [0.25, 0.3) is 5.91 Å². The van der Waals surface area contributed by atoms with E-state index >= 15 is 0 Å². The summed E-state index contributed by atoms with van der Waals surface area (Å²) in [5.41, 5.74) is 6.53. The van der Waals surface area contributed by atoms with Gasteiger partial charge in [-0.15, -0.1) is 0 Å². The Labute approximate surface area is 142 Å². The number of nitrogen functional groups attached to an aromatic ring is 1. The third-order valence-electron chi connectivity index (χ3n) is 4.15. The van der Waals surface area contributed by atoms with Crippen LogP contribution in [0.1, 0.15) is 26.7 Å². The predicted molar refractivity (Wildman–Crippen MR) is 92.7 cm³/mol. The maximum atomic E-state index is 12.7. The summed E-state index contributed by atoms with van der Waals surface area (Å²) in [7, 11) is 0. The lowest BCUT2D eigenvalue weighted by atomic mass is 9.99. The molecule has 0 bridgehead atoms. The summed E-state index contributed by atoms with van der Waals surface area (Å²) in [4.78, 5) is 27.6. The van der Waals surface area contributed by atoms with Crippen molar-refractivity contribution in [1.82, 2.24) is 4.90 Å². The summed E-state index contributed by atoms with van der Waals surface area (Å²) >= 11 is 0. The van der Waals surface area contributed by atoms with Crippen molar-refractivity contribution >= 4 is 23.2 Å². The lowest BCUT2D eigenvalue weighted by Gasteiger charge is -2.29. The van der Waals surface area contributed by atoms with Crippen molar-refractivity contribution in [2.75, 3.05) is 23.7 Å². The minimum absolute atomic E-state index is 0.0448. The van der Waals surface area contributed by atoms with Gasteiger partial charge in [0.2, 0.25) is 5.91 Å². The molecule has 126 valence electrons. The lowest BCUT2D eigenvalue weighted by molar-refractivity contribution is -0.123. The van der Waals surface area contributed by atoms with Crippen LogP contribution in [0.4, 0.5) is 11.4 Å². The molecule has 0 atom stereocenters. The van der Waals surface area contributed by atoms with E-state index < -0.39 is 11.8 Å². The fraction of sp³-hybridized carbons (Fsp3) is 0.389. The van der Waals surface area contributed by atoms with Gasteiger partial charge in [0.15, 0.2) is 0 Å². The monoisotopic (exact) mass is 326 g/mol. The SMILES string of the molecule is CC(=O)N(C(=O)/C(C#N)=C\N1CCC(C)CC1)c1ccc(N)cc1. The van der Waals surface area contributed by atoms with Crippen LogP contribution in [0, 0.1) is 17.2 Å². The summed E-state index contributed by atoms with van der Waals surface area (Å²) in [6.07, 6.45) is 3.62. The summed E-state index contributed by atoms with van der Waals surface area (Å²) in [5, 5.41) is 9.38. The summed E-state index contributed by atoms with van der Waals surface area (Å²) in [6, 6.07) is 8.33. The number of nitrogens with two attached hydrogens (primary N) is 1. The highest BCUT2D eigenvalue weighted by Gasteiger charge is 2.25. The highest BCUT2D eigenvalue weighted by atomic mass is 16.2. The van der Waals surface area contributed by atoms with E-state index in [0.717, 1.165) is 30.8 Å². The van der Waals surface area contributed by atoms with Crippen LogP contribution < -0.4 is 10.6 Å². The number of nitriles is 1. The second kappa shape index (κ2) is 7.64. The van der Waals surface area contributed by atoms with Gasteiger partial charge >= 0.3 is 0 Å². The van der Waals surface area contributed by atoms with Gasteiger partial charge in [-0.1, -0.05) is 6.92 Å². The molecule has 1 aromatic carbocycles. The predicted octanol–water partition coefficient (Wildman–Crippen LogP) is 2.29. The van der Waals surface area contributed by atoms with Gasteiger partial charge in [0.1, 0.15) is 11.6 Å². The van der Waals surface area contributed by atoms with E-state index in [9.17, 15) is 14.9 Å². The number of imide groups is 1. The molecule has 6 nitrogen and oxygen atoms in total. The van der Waals surface area contributed by atoms with Gasteiger partial charge in [-0.25, -0.2) is 4.90 Å². The molecule has 0 unspecified atom stereocenters. The third-order valence-corrected chi connectivity index (χ3v) is 4.15. The quantitative estimate of drug-likeness (QED) is 0.523. The smallest absolute Gasteiger partial charge is 0.277 e. The Morgan fingerprint density at radius 2 is 1.88 bits per heavy atom. The zero-order valence-electron chi connectivity index (χ0n) is 14.0. The van der Waals surface area contributed by atoms with Crippen molar-refractivity contribution in [3.05, 3.63) is 36.0 Å². The normalized spacial score (nSPS) is 15.7. The molecule has 2 rings (SSSR count). The number of nitrogens with zero attached hydrogens (tertiary/aromatic N) is 3. The lowest BCUT2D eigenvalue weighted by Crippen LogP contribution is -2.37. The topological polar surface area (TPSA) is 90.4 Å². The van der Waals surface area contributed by atoms with Gasteiger partial charge in [-0.3, -0.25) is 9.59 Å². The van der Waals surface area contributed by atoms with Crippen LogP contribution >= 0.6 is 0 Å². The number of amides is 2. The highest BCUT2D eigenvalue weighted by Crippen LogP contribution is 2.21. The number of carbonyl (C=O) groups is 2. The van der Waals surface area contributed by atoms with Gasteiger partial charge in [0, 0.05) is 31.9 Å². The van der Waals surface area contributed by atoms with Crippen LogP contribution in [0.3, 0.4) is 0 Å². The Hall–Kier alpha value is -2.81. The maximum Gasteiger partial charge on any atom is 0.277 e. The molecular weight excluding hydrogens is 304 g/mol. The largest absolute Gasteiger partial charge is 0.399 e. The van der Waals surface area contributed by atoms with E-state index in [2.05, 4.69) is 6.92 Å².